The Kier molecular flexibility index (Phi) is 6.73. The lowest BCUT2D eigenvalue weighted by Gasteiger charge is -2.44. The third-order valence-electron chi connectivity index (χ3n) is 5.29. The molecule has 1 aromatic carbocycles. The van der Waals surface area contributed by atoms with E-state index in [9.17, 15) is 23.1 Å². The van der Waals surface area contributed by atoms with Crippen molar-refractivity contribution in [2.45, 2.75) is 51.4 Å². The van der Waals surface area contributed by atoms with Crippen molar-refractivity contribution in [3.8, 4) is 0 Å². The lowest BCUT2D eigenvalue weighted by molar-refractivity contribution is -0.137. The molecule has 0 saturated carbocycles. The second kappa shape index (κ2) is 9.01. The molecule has 0 unspecified atom stereocenters. The Morgan fingerprint density at radius 3 is 2.25 bits per heavy atom. The second-order valence-corrected chi connectivity index (χ2v) is 8.97. The zero-order chi connectivity index (χ0) is 23.7. The molecule has 11 heteroatoms. The maximum atomic E-state index is 12.8. The van der Waals surface area contributed by atoms with E-state index in [1.807, 2.05) is 32.9 Å². The Balaban J connectivity index is 1.62. The van der Waals surface area contributed by atoms with Crippen LogP contribution in [0.25, 0.3) is 0 Å². The van der Waals surface area contributed by atoms with Crippen LogP contribution in [0.3, 0.4) is 0 Å². The summed E-state index contributed by atoms with van der Waals surface area (Å²) in [5.41, 5.74) is 0.0218. The normalized spacial score (nSPS) is 15.5. The molecule has 1 amide bonds. The van der Waals surface area contributed by atoms with Gasteiger partial charge in [0.25, 0.3) is 0 Å². The predicted octanol–water partition coefficient (Wildman–Crippen LogP) is 5.64. The van der Waals surface area contributed by atoms with Crippen molar-refractivity contribution >= 4 is 35.0 Å². The second-order valence-electron chi connectivity index (χ2n) is 8.61. The average Bonchev–Trinajstić information content (AvgIpc) is 2.67. The van der Waals surface area contributed by atoms with Gasteiger partial charge in [-0.05, 0) is 57.9 Å². The molecule has 1 aromatic heterocycles. The SMILES string of the molecule is CC(C)(C)N(C(=O)O)C1CCN(c2ccc(Nc3ncc(C(F)(F)F)c(Cl)n3)cc2)CC1. The molecular formula is C21H25ClF3N5O2. The van der Waals surface area contributed by atoms with E-state index in [4.69, 9.17) is 11.6 Å². The minimum Gasteiger partial charge on any atom is -0.465 e. The summed E-state index contributed by atoms with van der Waals surface area (Å²) >= 11 is 5.63. The summed E-state index contributed by atoms with van der Waals surface area (Å²) in [6, 6.07) is 7.27. The zero-order valence-corrected chi connectivity index (χ0v) is 18.7. The highest BCUT2D eigenvalue weighted by molar-refractivity contribution is 6.30. The first kappa shape index (κ1) is 23.9. The fraction of sp³-hybridized carbons (Fsp3) is 0.476. The van der Waals surface area contributed by atoms with Crippen molar-refractivity contribution in [2.24, 2.45) is 0 Å². The van der Waals surface area contributed by atoms with Gasteiger partial charge in [-0.3, -0.25) is 0 Å². The molecule has 1 saturated heterocycles. The molecule has 1 aliphatic heterocycles. The highest BCUT2D eigenvalue weighted by Crippen LogP contribution is 2.34. The third-order valence-corrected chi connectivity index (χ3v) is 5.58. The molecule has 1 fully saturated rings. The lowest BCUT2D eigenvalue weighted by Crippen LogP contribution is -2.54. The first-order valence-electron chi connectivity index (χ1n) is 10.1. The molecule has 0 spiro atoms. The highest BCUT2D eigenvalue weighted by Gasteiger charge is 2.36. The molecule has 2 heterocycles. The first-order chi connectivity index (χ1) is 14.9. The number of halogens is 4. The molecule has 2 aromatic rings. The summed E-state index contributed by atoms with van der Waals surface area (Å²) in [6.45, 7) is 7.12. The van der Waals surface area contributed by atoms with E-state index in [1.165, 1.54) is 4.90 Å². The van der Waals surface area contributed by atoms with Crippen LogP contribution in [0.1, 0.15) is 39.2 Å². The number of carbonyl (C=O) groups is 1. The molecular weight excluding hydrogens is 447 g/mol. The van der Waals surface area contributed by atoms with Crippen LogP contribution in [-0.2, 0) is 6.18 Å². The van der Waals surface area contributed by atoms with E-state index in [1.54, 1.807) is 12.1 Å². The number of amides is 1. The Labute approximate surface area is 189 Å². The van der Waals surface area contributed by atoms with Crippen molar-refractivity contribution < 1.29 is 23.1 Å². The minimum absolute atomic E-state index is 0.0347. The van der Waals surface area contributed by atoms with Gasteiger partial charge in [0.15, 0.2) is 0 Å². The van der Waals surface area contributed by atoms with Crippen LogP contribution in [0.15, 0.2) is 30.5 Å². The third kappa shape index (κ3) is 5.53. The fourth-order valence-electron chi connectivity index (χ4n) is 3.87. The van der Waals surface area contributed by atoms with Crippen LogP contribution in [0, 0.1) is 0 Å². The molecule has 7 nitrogen and oxygen atoms in total. The minimum atomic E-state index is -4.61. The van der Waals surface area contributed by atoms with E-state index in [-0.39, 0.29) is 12.0 Å². The number of piperidine rings is 1. The maximum Gasteiger partial charge on any atom is 0.420 e. The number of aromatic nitrogens is 2. The maximum absolute atomic E-state index is 12.8. The summed E-state index contributed by atoms with van der Waals surface area (Å²) in [4.78, 5) is 22.8. The number of carboxylic acid groups (broad SMARTS) is 1. The highest BCUT2D eigenvalue weighted by atomic mass is 35.5. The van der Waals surface area contributed by atoms with Gasteiger partial charge in [-0.2, -0.15) is 13.2 Å². The van der Waals surface area contributed by atoms with E-state index in [0.717, 1.165) is 31.6 Å². The van der Waals surface area contributed by atoms with Crippen molar-refractivity contribution in [3.63, 3.8) is 0 Å². The topological polar surface area (TPSA) is 81.6 Å². The van der Waals surface area contributed by atoms with Gasteiger partial charge in [0.2, 0.25) is 5.95 Å². The number of hydrogen-bond acceptors (Lipinski definition) is 5. The molecule has 1 aliphatic rings. The van der Waals surface area contributed by atoms with Gasteiger partial charge >= 0.3 is 12.3 Å². The number of hydrogen-bond donors (Lipinski definition) is 2. The molecule has 2 N–H and O–H groups in total. The van der Waals surface area contributed by atoms with E-state index < -0.39 is 28.5 Å². The van der Waals surface area contributed by atoms with Crippen molar-refractivity contribution in [1.29, 1.82) is 0 Å². The molecule has 0 atom stereocenters. The number of nitrogens with one attached hydrogen (secondary N) is 1. The van der Waals surface area contributed by atoms with Crippen molar-refractivity contribution in [3.05, 3.63) is 41.2 Å². The van der Waals surface area contributed by atoms with Gasteiger partial charge in [-0.15, -0.1) is 0 Å². The molecule has 3 rings (SSSR count). The first-order valence-corrected chi connectivity index (χ1v) is 10.5. The molecule has 0 aliphatic carbocycles. The van der Waals surface area contributed by atoms with Gasteiger partial charge in [0.1, 0.15) is 10.7 Å². The molecule has 0 radical (unpaired) electrons. The number of anilines is 3. The van der Waals surface area contributed by atoms with Crippen LogP contribution >= 0.6 is 11.6 Å². The van der Waals surface area contributed by atoms with Gasteiger partial charge in [-0.25, -0.2) is 14.8 Å². The monoisotopic (exact) mass is 471 g/mol. The van der Waals surface area contributed by atoms with Crippen LogP contribution in [0.4, 0.5) is 35.3 Å². The van der Waals surface area contributed by atoms with Crippen LogP contribution in [0.2, 0.25) is 5.15 Å². The van der Waals surface area contributed by atoms with Gasteiger partial charge in [0.05, 0.1) is 0 Å². The Morgan fingerprint density at radius 2 is 1.78 bits per heavy atom. The van der Waals surface area contributed by atoms with Gasteiger partial charge in [-0.1, -0.05) is 11.6 Å². The zero-order valence-electron chi connectivity index (χ0n) is 17.9. The summed E-state index contributed by atoms with van der Waals surface area (Å²) < 4.78 is 38.3. The Bertz CT molecular complexity index is 955. The molecule has 0 bridgehead atoms. The smallest absolute Gasteiger partial charge is 0.420 e. The van der Waals surface area contributed by atoms with Gasteiger partial charge in [0, 0.05) is 42.2 Å². The quantitative estimate of drug-likeness (QED) is 0.561. The summed E-state index contributed by atoms with van der Waals surface area (Å²) in [5.74, 6) is -0.0347. The summed E-state index contributed by atoms with van der Waals surface area (Å²) in [7, 11) is 0. The predicted molar refractivity (Wildman–Crippen MR) is 117 cm³/mol. The lowest BCUT2D eigenvalue weighted by atomic mass is 9.96. The van der Waals surface area contributed by atoms with Crippen molar-refractivity contribution in [2.75, 3.05) is 23.3 Å². The van der Waals surface area contributed by atoms with E-state index in [2.05, 4.69) is 20.2 Å². The molecule has 174 valence electrons. The van der Waals surface area contributed by atoms with E-state index >= 15 is 0 Å². The summed E-state index contributed by atoms with van der Waals surface area (Å²) in [5, 5.41) is 11.8. The standard InChI is InChI=1S/C21H25ClF3N5O2/c1-20(2,3)30(19(31)32)15-8-10-29(11-9-15)14-6-4-13(5-7-14)27-18-26-12-16(17(22)28-18)21(23,24)25/h4-7,12,15H,8-11H2,1-3H3,(H,31,32)(H,26,27,28). The Morgan fingerprint density at radius 1 is 1.19 bits per heavy atom. The number of nitrogens with zero attached hydrogens (tertiary/aromatic N) is 4. The van der Waals surface area contributed by atoms with Crippen LogP contribution < -0.4 is 10.2 Å². The number of benzene rings is 1. The largest absolute Gasteiger partial charge is 0.465 e. The van der Waals surface area contributed by atoms with Crippen LogP contribution in [-0.4, -0.2) is 50.7 Å². The molecule has 32 heavy (non-hydrogen) atoms. The summed E-state index contributed by atoms with van der Waals surface area (Å²) in [6.07, 6.45) is -3.42. The Hall–Kier alpha value is -2.75. The fourth-order valence-corrected chi connectivity index (χ4v) is 4.11. The number of rotatable bonds is 4. The van der Waals surface area contributed by atoms with Gasteiger partial charge < -0.3 is 20.2 Å². The van der Waals surface area contributed by atoms with Crippen LogP contribution in [0.5, 0.6) is 0 Å². The van der Waals surface area contributed by atoms with Crippen molar-refractivity contribution in [1.82, 2.24) is 14.9 Å². The average molecular weight is 472 g/mol. The van der Waals surface area contributed by atoms with E-state index in [0.29, 0.717) is 11.9 Å². The number of alkyl halides is 3.